The number of hydrogen-bond donors (Lipinski definition) is 0. The molecule has 2 nitrogen and oxygen atoms in total. The van der Waals surface area contributed by atoms with E-state index in [0.29, 0.717) is 0 Å². The van der Waals surface area contributed by atoms with Gasteiger partial charge in [0.2, 0.25) is 0 Å². The number of benzene rings is 8. The number of thiophene rings is 2. The van der Waals surface area contributed by atoms with E-state index in [1.807, 2.05) is 22.7 Å². The first-order valence-corrected chi connectivity index (χ1v) is 17.9. The summed E-state index contributed by atoms with van der Waals surface area (Å²) in [6.45, 7) is 0. The third-order valence-corrected chi connectivity index (χ3v) is 12.4. The quantitative estimate of drug-likeness (QED) is 0.184. The fourth-order valence-corrected chi connectivity index (χ4v) is 10.2. The molecule has 0 aliphatic carbocycles. The second kappa shape index (κ2) is 9.91. The Bertz CT molecular complexity index is 2930. The summed E-state index contributed by atoms with van der Waals surface area (Å²) in [5.41, 5.74) is 7.08. The highest BCUT2D eigenvalue weighted by Crippen LogP contribution is 2.54. The average molecular weight is 647 g/mol. The lowest BCUT2D eigenvalue weighted by molar-refractivity contribution is 1.29. The van der Waals surface area contributed by atoms with Gasteiger partial charge in [0.25, 0.3) is 0 Å². The van der Waals surface area contributed by atoms with E-state index in [4.69, 9.17) is 0 Å². The summed E-state index contributed by atoms with van der Waals surface area (Å²) in [6, 6.07) is 58.5. The Kier molecular flexibility index (Phi) is 5.45. The summed E-state index contributed by atoms with van der Waals surface area (Å²) >= 11 is 3.80. The lowest BCUT2D eigenvalue weighted by atomic mass is 10.0. The summed E-state index contributed by atoms with van der Waals surface area (Å²) in [5.74, 6) is 0. The highest BCUT2D eigenvalue weighted by Gasteiger charge is 2.27. The van der Waals surface area contributed by atoms with Crippen LogP contribution in [0, 0.1) is 0 Å². The van der Waals surface area contributed by atoms with Gasteiger partial charge in [-0.05, 0) is 76.1 Å². The zero-order valence-corrected chi connectivity index (χ0v) is 27.4. The van der Waals surface area contributed by atoms with Crippen LogP contribution in [0.3, 0.4) is 0 Å². The van der Waals surface area contributed by atoms with Crippen LogP contribution >= 0.6 is 22.7 Å². The molecule has 0 spiro atoms. The molecule has 3 heterocycles. The maximum absolute atomic E-state index is 2.52. The van der Waals surface area contributed by atoms with Gasteiger partial charge >= 0.3 is 0 Å². The molecule has 0 saturated heterocycles. The van der Waals surface area contributed by atoms with Crippen molar-refractivity contribution >= 4 is 119 Å². The van der Waals surface area contributed by atoms with Gasteiger partial charge in [0, 0.05) is 43.3 Å². The molecular formula is C44H26N2S2. The van der Waals surface area contributed by atoms with Crippen LogP contribution in [-0.4, -0.2) is 0 Å². The Balaban J connectivity index is 1.33. The Labute approximate surface area is 284 Å². The second-order valence-corrected chi connectivity index (χ2v) is 14.7. The molecule has 2 aromatic heterocycles. The van der Waals surface area contributed by atoms with Crippen LogP contribution in [0.25, 0.3) is 61.9 Å². The molecule has 0 N–H and O–H groups in total. The molecule has 1 aliphatic rings. The predicted molar refractivity (Wildman–Crippen MR) is 210 cm³/mol. The van der Waals surface area contributed by atoms with Crippen LogP contribution < -0.4 is 9.80 Å². The van der Waals surface area contributed by atoms with Crippen molar-refractivity contribution in [2.24, 2.45) is 0 Å². The highest BCUT2D eigenvalue weighted by molar-refractivity contribution is 7.27. The predicted octanol–water partition coefficient (Wildman–Crippen LogP) is 14.0. The standard InChI is InChI=1S/C44H26N2S2/c1-3-11-29-23-31(21-19-27(29)9-1)45-33-25-37-34-13-5-6-18-41(34)47-44(37)40(26-33)46(32-22-20-28-10-2-4-12-30(28)24-32)39-17-8-15-36-35-14-7-16-38(45)42(35)48-43(36)39/h1-26H. The molecule has 224 valence electrons. The number of hydrogen-bond acceptors (Lipinski definition) is 4. The SMILES string of the molecule is c1ccc2cc(N3c4cc(c5sc6ccccc6c5c4)N(c4ccc5ccccc5c4)c4cccc5c4sc4c3cccc45)ccc2c1. The van der Waals surface area contributed by atoms with E-state index in [2.05, 4.69) is 168 Å². The van der Waals surface area contributed by atoms with Crippen molar-refractivity contribution in [3.63, 3.8) is 0 Å². The van der Waals surface area contributed by atoms with Gasteiger partial charge in [-0.15, -0.1) is 22.7 Å². The molecule has 4 heteroatoms. The van der Waals surface area contributed by atoms with Crippen molar-refractivity contribution in [3.05, 3.63) is 158 Å². The first-order valence-electron chi connectivity index (χ1n) is 16.3. The van der Waals surface area contributed by atoms with E-state index in [0.717, 1.165) is 17.1 Å². The van der Waals surface area contributed by atoms with Crippen molar-refractivity contribution in [1.29, 1.82) is 0 Å². The average Bonchev–Trinajstić information content (AvgIpc) is 3.71. The monoisotopic (exact) mass is 646 g/mol. The van der Waals surface area contributed by atoms with Crippen LogP contribution in [0.5, 0.6) is 0 Å². The van der Waals surface area contributed by atoms with E-state index >= 15 is 0 Å². The molecule has 48 heavy (non-hydrogen) atoms. The first kappa shape index (κ1) is 26.4. The molecule has 0 fully saturated rings. The zero-order chi connectivity index (χ0) is 31.3. The molecular weight excluding hydrogens is 621 g/mol. The van der Waals surface area contributed by atoms with Crippen molar-refractivity contribution in [3.8, 4) is 0 Å². The Morgan fingerprint density at radius 1 is 0.312 bits per heavy atom. The van der Waals surface area contributed by atoms with Gasteiger partial charge in [0.1, 0.15) is 0 Å². The van der Waals surface area contributed by atoms with Crippen LogP contribution in [-0.2, 0) is 0 Å². The number of nitrogens with zero attached hydrogens (tertiary/aromatic N) is 2. The van der Waals surface area contributed by atoms with E-state index < -0.39 is 0 Å². The van der Waals surface area contributed by atoms with E-state index in [9.17, 15) is 0 Å². The smallest absolute Gasteiger partial charge is 0.0661 e. The summed E-state index contributed by atoms with van der Waals surface area (Å²) in [5, 5.41) is 10.1. The Morgan fingerprint density at radius 3 is 1.54 bits per heavy atom. The fraction of sp³-hybridized carbons (Fsp3) is 0. The van der Waals surface area contributed by atoms with Crippen LogP contribution in [0.15, 0.2) is 158 Å². The van der Waals surface area contributed by atoms with Crippen LogP contribution in [0.1, 0.15) is 0 Å². The van der Waals surface area contributed by atoms with E-state index in [-0.39, 0.29) is 0 Å². The van der Waals surface area contributed by atoms with Crippen molar-refractivity contribution in [2.45, 2.75) is 0 Å². The topological polar surface area (TPSA) is 6.48 Å². The molecule has 0 radical (unpaired) electrons. The lowest BCUT2D eigenvalue weighted by Crippen LogP contribution is -2.14. The van der Waals surface area contributed by atoms with Crippen LogP contribution in [0.2, 0.25) is 0 Å². The normalized spacial score (nSPS) is 12.9. The maximum atomic E-state index is 2.52. The van der Waals surface area contributed by atoms with E-state index in [1.54, 1.807) is 0 Å². The maximum Gasteiger partial charge on any atom is 0.0661 e. The molecule has 1 aliphatic heterocycles. The minimum absolute atomic E-state index is 1.15. The molecule has 0 unspecified atom stereocenters. The summed E-state index contributed by atoms with van der Waals surface area (Å²) in [6.07, 6.45) is 0. The van der Waals surface area contributed by atoms with Crippen molar-refractivity contribution in [2.75, 3.05) is 9.80 Å². The molecule has 4 bridgehead atoms. The van der Waals surface area contributed by atoms with Crippen molar-refractivity contribution in [1.82, 2.24) is 0 Å². The summed E-state index contributed by atoms with van der Waals surface area (Å²) < 4.78 is 5.19. The number of fused-ring (bicyclic) bond motifs is 9. The Hall–Kier alpha value is -5.68. The molecule has 8 aromatic carbocycles. The first-order chi connectivity index (χ1) is 23.8. The Morgan fingerprint density at radius 2 is 0.854 bits per heavy atom. The summed E-state index contributed by atoms with van der Waals surface area (Å²) in [7, 11) is 0. The zero-order valence-electron chi connectivity index (χ0n) is 25.7. The third kappa shape index (κ3) is 3.73. The van der Waals surface area contributed by atoms with Gasteiger partial charge in [0.05, 0.1) is 31.2 Å². The van der Waals surface area contributed by atoms with Gasteiger partial charge < -0.3 is 9.80 Å². The van der Waals surface area contributed by atoms with Gasteiger partial charge in [-0.25, -0.2) is 0 Å². The molecule has 10 aromatic rings. The lowest BCUT2D eigenvalue weighted by Gasteiger charge is -2.31. The fourth-order valence-electron chi connectivity index (χ4n) is 7.70. The third-order valence-electron chi connectivity index (χ3n) is 9.89. The minimum Gasteiger partial charge on any atom is -0.309 e. The molecule has 0 saturated carbocycles. The van der Waals surface area contributed by atoms with E-state index in [1.165, 1.54) is 79.0 Å². The van der Waals surface area contributed by atoms with Gasteiger partial charge in [0.15, 0.2) is 0 Å². The second-order valence-electron chi connectivity index (χ2n) is 12.6. The minimum atomic E-state index is 1.15. The number of rotatable bonds is 2. The van der Waals surface area contributed by atoms with Gasteiger partial charge in [-0.2, -0.15) is 0 Å². The van der Waals surface area contributed by atoms with Gasteiger partial charge in [-0.1, -0.05) is 103 Å². The highest BCUT2D eigenvalue weighted by atomic mass is 32.1. The number of anilines is 6. The van der Waals surface area contributed by atoms with Gasteiger partial charge in [-0.3, -0.25) is 0 Å². The largest absolute Gasteiger partial charge is 0.309 e. The molecule has 11 rings (SSSR count). The van der Waals surface area contributed by atoms with Crippen molar-refractivity contribution < 1.29 is 0 Å². The molecule has 0 amide bonds. The van der Waals surface area contributed by atoms with Crippen LogP contribution in [0.4, 0.5) is 34.1 Å². The molecule has 0 atom stereocenters. The summed E-state index contributed by atoms with van der Waals surface area (Å²) in [4.78, 5) is 5.01.